The van der Waals surface area contributed by atoms with Gasteiger partial charge < -0.3 is 9.30 Å². The molecule has 1 saturated heterocycles. The van der Waals surface area contributed by atoms with Gasteiger partial charge in [0.25, 0.3) is 0 Å². The van der Waals surface area contributed by atoms with Crippen LogP contribution >= 0.6 is 0 Å². The van der Waals surface area contributed by atoms with Gasteiger partial charge in [0.1, 0.15) is 15.6 Å². The van der Waals surface area contributed by atoms with Crippen molar-refractivity contribution in [3.63, 3.8) is 0 Å². The molecule has 0 bridgehead atoms. The summed E-state index contributed by atoms with van der Waals surface area (Å²) in [6.07, 6.45) is 8.85. The van der Waals surface area contributed by atoms with E-state index in [1.54, 1.807) is 6.07 Å². The molecule has 3 aliphatic heterocycles. The molecule has 0 N–H and O–H groups in total. The molecular weight excluding hydrogens is 462 g/mol. The number of nitrogens with zero attached hydrogens (tertiary/aromatic N) is 3. The van der Waals surface area contributed by atoms with Crippen molar-refractivity contribution in [2.45, 2.75) is 58.5 Å². The Morgan fingerprint density at radius 3 is 2.66 bits per heavy atom. The molecule has 184 valence electrons. The molecule has 1 fully saturated rings. The minimum Gasteiger partial charge on any atom is -0.492 e. The van der Waals surface area contributed by atoms with Gasteiger partial charge >= 0.3 is 0 Å². The van der Waals surface area contributed by atoms with Gasteiger partial charge in [0.05, 0.1) is 36.0 Å². The third kappa shape index (κ3) is 3.73. The van der Waals surface area contributed by atoms with Crippen molar-refractivity contribution < 1.29 is 13.2 Å². The van der Waals surface area contributed by atoms with Crippen LogP contribution in [0.5, 0.6) is 5.75 Å². The first-order chi connectivity index (χ1) is 16.7. The summed E-state index contributed by atoms with van der Waals surface area (Å²) in [6, 6.07) is 4.41. The monoisotopic (exact) mass is 493 g/mol. The van der Waals surface area contributed by atoms with Gasteiger partial charge in [-0.1, -0.05) is 13.8 Å². The maximum Gasteiger partial charge on any atom is 0.185 e. The Morgan fingerprint density at radius 2 is 1.91 bits per heavy atom. The average molecular weight is 494 g/mol. The van der Waals surface area contributed by atoms with E-state index in [4.69, 9.17) is 4.74 Å². The fourth-order valence-electron chi connectivity index (χ4n) is 5.96. The maximum atomic E-state index is 12.7. The van der Waals surface area contributed by atoms with E-state index in [-0.39, 0.29) is 29.0 Å². The number of rotatable bonds is 3. The Labute approximate surface area is 205 Å². The number of pyridine rings is 1. The van der Waals surface area contributed by atoms with Crippen molar-refractivity contribution in [3.8, 4) is 28.1 Å². The van der Waals surface area contributed by atoms with Crippen molar-refractivity contribution in [2.75, 3.05) is 18.1 Å². The molecule has 1 unspecified atom stereocenters. The fraction of sp³-hybridized carbons (Fsp3) is 0.481. The molecule has 7 nitrogen and oxygen atoms in total. The minimum atomic E-state index is -2.92. The van der Waals surface area contributed by atoms with E-state index < -0.39 is 9.84 Å². The molecule has 0 saturated carbocycles. The quantitative estimate of drug-likeness (QED) is 0.548. The average Bonchev–Trinajstić information content (AvgIpc) is 3.49. The molecule has 6 rings (SSSR count). The minimum absolute atomic E-state index is 0.0686. The number of hydrogen-bond acceptors (Lipinski definition) is 5. The standard InChI is InChI=1S/C27H31N3O4S/c1-16(2)23-11-18-10-22(19-13-28-30(15-19)20-5-8-35(32,33)9-6-20)27-21(4-7-34-27)26(18)24-12-25(31)17(3)14-29(23)24/h10,12-16,20,23H,4-9,11H2,1-3H3. The summed E-state index contributed by atoms with van der Waals surface area (Å²) in [7, 11) is -2.92. The Morgan fingerprint density at radius 1 is 1.14 bits per heavy atom. The largest absolute Gasteiger partial charge is 0.492 e. The van der Waals surface area contributed by atoms with Gasteiger partial charge in [-0.15, -0.1) is 0 Å². The lowest BCUT2D eigenvalue weighted by molar-refractivity contribution is 0.357. The van der Waals surface area contributed by atoms with Crippen LogP contribution in [0.1, 0.15) is 55.5 Å². The van der Waals surface area contributed by atoms with E-state index in [0.717, 1.165) is 46.5 Å². The molecule has 5 heterocycles. The molecule has 0 amide bonds. The van der Waals surface area contributed by atoms with E-state index in [1.807, 2.05) is 30.2 Å². The Hall–Kier alpha value is -2.87. The zero-order valence-corrected chi connectivity index (χ0v) is 21.3. The molecule has 0 spiro atoms. The highest BCUT2D eigenvalue weighted by molar-refractivity contribution is 7.91. The van der Waals surface area contributed by atoms with Gasteiger partial charge in [-0.2, -0.15) is 5.10 Å². The van der Waals surface area contributed by atoms with Crippen molar-refractivity contribution in [2.24, 2.45) is 5.92 Å². The van der Waals surface area contributed by atoms with Crippen LogP contribution in [0.4, 0.5) is 0 Å². The number of ether oxygens (including phenoxy) is 1. The first kappa shape index (κ1) is 22.6. The van der Waals surface area contributed by atoms with Gasteiger partial charge in [-0.3, -0.25) is 9.48 Å². The summed E-state index contributed by atoms with van der Waals surface area (Å²) < 4.78 is 34.1. The number of sulfone groups is 1. The Kier molecular flexibility index (Phi) is 5.22. The molecular formula is C27H31N3O4S. The highest BCUT2D eigenvalue weighted by Gasteiger charge is 2.33. The van der Waals surface area contributed by atoms with E-state index in [2.05, 4.69) is 29.6 Å². The van der Waals surface area contributed by atoms with Gasteiger partial charge in [-0.25, -0.2) is 8.42 Å². The number of aryl methyl sites for hydroxylation is 1. The first-order valence-corrected chi connectivity index (χ1v) is 14.3. The smallest absolute Gasteiger partial charge is 0.185 e. The van der Waals surface area contributed by atoms with Crippen molar-refractivity contribution in [1.82, 2.24) is 14.3 Å². The molecule has 0 radical (unpaired) electrons. The van der Waals surface area contributed by atoms with Crippen LogP contribution in [0.2, 0.25) is 0 Å². The lowest BCUT2D eigenvalue weighted by Gasteiger charge is -2.34. The third-order valence-electron chi connectivity index (χ3n) is 7.95. The van der Waals surface area contributed by atoms with Gasteiger partial charge in [0.2, 0.25) is 0 Å². The van der Waals surface area contributed by atoms with Gasteiger partial charge in [0, 0.05) is 58.7 Å². The van der Waals surface area contributed by atoms with Crippen LogP contribution in [-0.2, 0) is 22.7 Å². The van der Waals surface area contributed by atoms with Crippen LogP contribution in [0, 0.1) is 12.8 Å². The summed E-state index contributed by atoms with van der Waals surface area (Å²) in [4.78, 5) is 12.7. The predicted molar refractivity (Wildman–Crippen MR) is 136 cm³/mol. The van der Waals surface area contributed by atoms with Gasteiger partial charge in [-0.05, 0) is 43.7 Å². The van der Waals surface area contributed by atoms with Crippen LogP contribution < -0.4 is 10.2 Å². The van der Waals surface area contributed by atoms with Crippen LogP contribution in [-0.4, -0.2) is 40.9 Å². The second-order valence-electron chi connectivity index (χ2n) is 10.6. The van der Waals surface area contributed by atoms with Gasteiger partial charge in [0.15, 0.2) is 5.43 Å². The van der Waals surface area contributed by atoms with E-state index >= 15 is 0 Å². The van der Waals surface area contributed by atoms with Crippen molar-refractivity contribution >= 4 is 9.84 Å². The molecule has 3 aromatic rings. The Balaban J connectivity index is 1.46. The Bertz CT molecular complexity index is 1490. The summed E-state index contributed by atoms with van der Waals surface area (Å²) >= 11 is 0. The lowest BCUT2D eigenvalue weighted by Crippen LogP contribution is -2.27. The van der Waals surface area contributed by atoms with Crippen molar-refractivity contribution in [3.05, 3.63) is 57.6 Å². The summed E-state index contributed by atoms with van der Waals surface area (Å²) in [5, 5.41) is 4.62. The second kappa shape index (κ2) is 8.08. The molecule has 8 heteroatoms. The van der Waals surface area contributed by atoms with Crippen LogP contribution in [0.15, 0.2) is 35.5 Å². The van der Waals surface area contributed by atoms with E-state index in [1.165, 1.54) is 11.1 Å². The molecule has 2 aromatic heterocycles. The number of hydrogen-bond donors (Lipinski definition) is 0. The molecule has 0 aliphatic carbocycles. The summed E-state index contributed by atoms with van der Waals surface area (Å²) in [5.41, 5.74) is 7.45. The van der Waals surface area contributed by atoms with Crippen LogP contribution in [0.25, 0.3) is 22.4 Å². The lowest BCUT2D eigenvalue weighted by atomic mass is 9.82. The highest BCUT2D eigenvalue weighted by Crippen LogP contribution is 2.48. The first-order valence-electron chi connectivity index (χ1n) is 12.5. The molecule has 1 atom stereocenters. The molecule has 35 heavy (non-hydrogen) atoms. The van der Waals surface area contributed by atoms with E-state index in [0.29, 0.717) is 25.4 Å². The summed E-state index contributed by atoms with van der Waals surface area (Å²) in [6.45, 7) is 6.98. The van der Waals surface area contributed by atoms with Crippen LogP contribution in [0.3, 0.4) is 0 Å². The number of aromatic nitrogens is 3. The normalized spacial score (nSPS) is 20.9. The number of fused-ring (bicyclic) bond motifs is 5. The number of benzene rings is 1. The van der Waals surface area contributed by atoms with Crippen molar-refractivity contribution in [1.29, 1.82) is 0 Å². The maximum absolute atomic E-state index is 12.7. The highest BCUT2D eigenvalue weighted by atomic mass is 32.2. The molecule has 1 aromatic carbocycles. The summed E-state index contributed by atoms with van der Waals surface area (Å²) in [5.74, 6) is 1.75. The zero-order chi connectivity index (χ0) is 24.5. The predicted octanol–water partition coefficient (Wildman–Crippen LogP) is 4.13. The van der Waals surface area contributed by atoms with E-state index in [9.17, 15) is 13.2 Å². The third-order valence-corrected chi connectivity index (χ3v) is 9.66. The topological polar surface area (TPSA) is 83.2 Å². The zero-order valence-electron chi connectivity index (χ0n) is 20.5. The fourth-order valence-corrected chi connectivity index (χ4v) is 7.43. The SMILES string of the molecule is Cc1cn2c(cc1=O)-c1c(cc(-c3cnn(C4CCS(=O)(=O)CC4)c3)c3c1CCO3)CC2C(C)C. The molecule has 3 aliphatic rings. The second-order valence-corrected chi connectivity index (χ2v) is 12.9.